The number of methoxy groups -OCH3 is 1. The van der Waals surface area contributed by atoms with Gasteiger partial charge in [0.2, 0.25) is 0 Å². The standard InChI is InChI=1S/C18H19N3O3S/c1-11-14-16(22)19-13(20-17(14)25-15(11)18(23)24-3)10-21(2)9-12-7-5-4-6-8-12/h4-8H,9-10H2,1-3H3,(H,19,20,22)/p+1. The first kappa shape index (κ1) is 17.3. The zero-order chi connectivity index (χ0) is 18.0. The van der Waals surface area contributed by atoms with Gasteiger partial charge in [0.05, 0.1) is 19.5 Å². The van der Waals surface area contributed by atoms with Gasteiger partial charge in [-0.3, -0.25) is 4.79 Å². The monoisotopic (exact) mass is 358 g/mol. The molecule has 0 fully saturated rings. The summed E-state index contributed by atoms with van der Waals surface area (Å²) >= 11 is 1.20. The van der Waals surface area contributed by atoms with E-state index in [1.807, 2.05) is 18.2 Å². The summed E-state index contributed by atoms with van der Waals surface area (Å²) in [5, 5.41) is 0.467. The van der Waals surface area contributed by atoms with Crippen molar-refractivity contribution < 1.29 is 14.4 Å². The molecule has 0 aliphatic carbocycles. The van der Waals surface area contributed by atoms with Gasteiger partial charge in [-0.2, -0.15) is 0 Å². The van der Waals surface area contributed by atoms with Crippen LogP contribution in [0.3, 0.4) is 0 Å². The van der Waals surface area contributed by atoms with Gasteiger partial charge in [0, 0.05) is 5.56 Å². The van der Waals surface area contributed by atoms with Crippen molar-refractivity contribution in [3.05, 3.63) is 62.5 Å². The molecule has 2 heterocycles. The maximum absolute atomic E-state index is 12.4. The number of carbonyl (C=O) groups is 1. The van der Waals surface area contributed by atoms with E-state index >= 15 is 0 Å². The number of H-pyrrole nitrogens is 1. The zero-order valence-electron chi connectivity index (χ0n) is 14.4. The molecule has 1 aromatic carbocycles. The number of aromatic nitrogens is 2. The topological polar surface area (TPSA) is 76.5 Å². The first-order valence-electron chi connectivity index (χ1n) is 7.95. The van der Waals surface area contributed by atoms with Crippen LogP contribution in [0.5, 0.6) is 0 Å². The van der Waals surface area contributed by atoms with Crippen molar-refractivity contribution in [3.8, 4) is 0 Å². The normalized spacial score (nSPS) is 12.3. The van der Waals surface area contributed by atoms with Crippen molar-refractivity contribution in [1.82, 2.24) is 9.97 Å². The molecule has 2 N–H and O–H groups in total. The fourth-order valence-corrected chi connectivity index (χ4v) is 3.97. The number of aryl methyl sites for hydroxylation is 1. The molecule has 3 rings (SSSR count). The summed E-state index contributed by atoms with van der Waals surface area (Å²) < 4.78 is 4.78. The molecule has 0 radical (unpaired) electrons. The Kier molecular flexibility index (Phi) is 4.96. The number of benzene rings is 1. The Morgan fingerprint density at radius 2 is 2.00 bits per heavy atom. The van der Waals surface area contributed by atoms with Gasteiger partial charge >= 0.3 is 5.97 Å². The van der Waals surface area contributed by atoms with Gasteiger partial charge in [0.15, 0.2) is 5.82 Å². The van der Waals surface area contributed by atoms with Gasteiger partial charge < -0.3 is 14.6 Å². The Hall–Kier alpha value is -2.51. The number of quaternary nitrogens is 1. The quantitative estimate of drug-likeness (QED) is 0.674. The summed E-state index contributed by atoms with van der Waals surface area (Å²) in [6.45, 7) is 3.17. The first-order chi connectivity index (χ1) is 12.0. The number of nitrogens with one attached hydrogen (secondary N) is 2. The number of hydrogen-bond acceptors (Lipinski definition) is 5. The molecule has 1 atom stereocenters. The fourth-order valence-electron chi connectivity index (χ4n) is 2.85. The molecule has 0 saturated carbocycles. The van der Waals surface area contributed by atoms with Gasteiger partial charge in [-0.15, -0.1) is 11.3 Å². The predicted octanol–water partition coefficient (Wildman–Crippen LogP) is 1.29. The minimum atomic E-state index is -0.437. The molecule has 0 aliphatic heterocycles. The SMILES string of the molecule is COC(=O)c1sc2nc(C[NH+](C)Cc3ccccc3)[nH]c(=O)c2c1C. The van der Waals surface area contributed by atoms with Gasteiger partial charge in [-0.25, -0.2) is 9.78 Å². The lowest BCUT2D eigenvalue weighted by atomic mass is 10.2. The van der Waals surface area contributed by atoms with Gasteiger partial charge in [-0.1, -0.05) is 30.3 Å². The summed E-state index contributed by atoms with van der Waals surface area (Å²) in [4.78, 5) is 33.9. The molecule has 3 aromatic rings. The van der Waals surface area contributed by atoms with Crippen LogP contribution >= 0.6 is 11.3 Å². The Morgan fingerprint density at radius 3 is 2.68 bits per heavy atom. The van der Waals surface area contributed by atoms with E-state index < -0.39 is 5.97 Å². The first-order valence-corrected chi connectivity index (χ1v) is 8.77. The van der Waals surface area contributed by atoms with Gasteiger partial charge in [-0.05, 0) is 12.5 Å². The number of rotatable bonds is 5. The molecular weight excluding hydrogens is 338 g/mol. The number of thiophene rings is 1. The predicted molar refractivity (Wildman–Crippen MR) is 97.1 cm³/mol. The van der Waals surface area contributed by atoms with Gasteiger partial charge in [0.1, 0.15) is 22.8 Å². The van der Waals surface area contributed by atoms with Crippen LogP contribution in [0.15, 0.2) is 35.1 Å². The smallest absolute Gasteiger partial charge is 0.348 e. The summed E-state index contributed by atoms with van der Waals surface area (Å²) in [5.41, 5.74) is 1.64. The molecule has 7 heteroatoms. The maximum atomic E-state index is 12.4. The van der Waals surface area contributed by atoms with Crippen molar-refractivity contribution in [2.24, 2.45) is 0 Å². The van der Waals surface area contributed by atoms with Crippen LogP contribution in [0.4, 0.5) is 0 Å². The lowest BCUT2D eigenvalue weighted by Crippen LogP contribution is -3.06. The molecule has 0 spiro atoms. The van der Waals surface area contributed by atoms with E-state index in [0.717, 1.165) is 6.54 Å². The average molecular weight is 358 g/mol. The molecule has 130 valence electrons. The second kappa shape index (κ2) is 7.16. The highest BCUT2D eigenvalue weighted by molar-refractivity contribution is 7.20. The third-order valence-corrected chi connectivity index (χ3v) is 5.20. The summed E-state index contributed by atoms with van der Waals surface area (Å²) in [7, 11) is 3.38. The van der Waals surface area contributed by atoms with E-state index in [4.69, 9.17) is 4.74 Å². The second-order valence-corrected chi connectivity index (χ2v) is 7.04. The number of carbonyl (C=O) groups excluding carboxylic acids is 1. The summed E-state index contributed by atoms with van der Waals surface area (Å²) in [6.07, 6.45) is 0. The Morgan fingerprint density at radius 1 is 1.28 bits per heavy atom. The number of ether oxygens (including phenoxy) is 1. The summed E-state index contributed by atoms with van der Waals surface area (Å²) in [5.74, 6) is 0.178. The molecule has 0 bridgehead atoms. The van der Waals surface area contributed by atoms with E-state index in [1.165, 1.54) is 28.9 Å². The number of esters is 1. The van der Waals surface area contributed by atoms with E-state index in [0.29, 0.717) is 33.0 Å². The Balaban J connectivity index is 1.88. The van der Waals surface area contributed by atoms with Crippen LogP contribution in [0.1, 0.15) is 26.6 Å². The van der Waals surface area contributed by atoms with E-state index in [2.05, 4.69) is 29.1 Å². The van der Waals surface area contributed by atoms with Crippen LogP contribution in [0.25, 0.3) is 10.2 Å². The van der Waals surface area contributed by atoms with Crippen LogP contribution in [0, 0.1) is 6.92 Å². The van der Waals surface area contributed by atoms with E-state index in [-0.39, 0.29) is 5.56 Å². The molecule has 0 amide bonds. The number of aromatic amines is 1. The largest absolute Gasteiger partial charge is 0.465 e. The second-order valence-electron chi connectivity index (χ2n) is 6.04. The van der Waals surface area contributed by atoms with Crippen molar-refractivity contribution in [1.29, 1.82) is 0 Å². The van der Waals surface area contributed by atoms with Crippen LogP contribution < -0.4 is 10.5 Å². The van der Waals surface area contributed by atoms with Crippen molar-refractivity contribution in [2.75, 3.05) is 14.2 Å². The molecule has 6 nitrogen and oxygen atoms in total. The number of hydrogen-bond donors (Lipinski definition) is 2. The molecule has 1 unspecified atom stereocenters. The zero-order valence-corrected chi connectivity index (χ0v) is 15.2. The minimum Gasteiger partial charge on any atom is -0.465 e. The van der Waals surface area contributed by atoms with Gasteiger partial charge in [0.25, 0.3) is 5.56 Å². The van der Waals surface area contributed by atoms with Crippen LogP contribution in [0.2, 0.25) is 0 Å². The lowest BCUT2D eigenvalue weighted by molar-refractivity contribution is -0.908. The Bertz CT molecular complexity index is 963. The van der Waals surface area contributed by atoms with Crippen molar-refractivity contribution in [3.63, 3.8) is 0 Å². The molecule has 0 saturated heterocycles. The average Bonchev–Trinajstić information content (AvgIpc) is 2.92. The molecule has 0 aliphatic rings. The molecule has 2 aromatic heterocycles. The van der Waals surface area contributed by atoms with E-state index in [9.17, 15) is 9.59 Å². The molecule has 25 heavy (non-hydrogen) atoms. The fraction of sp³-hybridized carbons (Fsp3) is 0.278. The number of fused-ring (bicyclic) bond motifs is 1. The highest BCUT2D eigenvalue weighted by Crippen LogP contribution is 2.27. The summed E-state index contributed by atoms with van der Waals surface area (Å²) in [6, 6.07) is 10.2. The van der Waals surface area contributed by atoms with Crippen LogP contribution in [-0.4, -0.2) is 30.1 Å². The lowest BCUT2D eigenvalue weighted by Gasteiger charge is -2.13. The molecular formula is C18H20N3O3S+. The third-order valence-electron chi connectivity index (χ3n) is 4.04. The van der Waals surface area contributed by atoms with Crippen molar-refractivity contribution in [2.45, 2.75) is 20.0 Å². The van der Waals surface area contributed by atoms with Crippen molar-refractivity contribution >= 4 is 27.5 Å². The maximum Gasteiger partial charge on any atom is 0.348 e. The number of nitrogens with zero attached hydrogens (tertiary/aromatic N) is 1. The Labute approximate surface area is 149 Å². The highest BCUT2D eigenvalue weighted by Gasteiger charge is 2.20. The van der Waals surface area contributed by atoms with E-state index in [1.54, 1.807) is 6.92 Å². The third kappa shape index (κ3) is 3.62. The van der Waals surface area contributed by atoms with Crippen LogP contribution in [-0.2, 0) is 17.8 Å². The minimum absolute atomic E-state index is 0.212. The highest BCUT2D eigenvalue weighted by atomic mass is 32.1.